The first-order valence-electron chi connectivity index (χ1n) is 10.4. The number of carbonyl (C=O) groups excluding carboxylic acids is 3. The Morgan fingerprint density at radius 2 is 1.88 bits per heavy atom. The van der Waals surface area contributed by atoms with Crippen LogP contribution in [0.5, 0.6) is 11.5 Å². The average molecular weight is 434 g/mol. The molecule has 9 heteroatoms. The summed E-state index contributed by atoms with van der Waals surface area (Å²) in [7, 11) is 0. The summed E-state index contributed by atoms with van der Waals surface area (Å²) >= 11 is 0. The van der Waals surface area contributed by atoms with Crippen LogP contribution in [0, 0.1) is 0 Å². The van der Waals surface area contributed by atoms with Gasteiger partial charge in [-0.05, 0) is 23.8 Å². The van der Waals surface area contributed by atoms with E-state index >= 15 is 0 Å². The van der Waals surface area contributed by atoms with Crippen LogP contribution in [0.15, 0.2) is 54.7 Å². The number of rotatable bonds is 6. The Kier molecular flexibility index (Phi) is 5.14. The fraction of sp³-hybridized carbons (Fsp3) is 0.261. The van der Waals surface area contributed by atoms with Crippen LogP contribution in [-0.2, 0) is 16.0 Å². The standard InChI is InChI=1S/C23H22N4O5/c28-21(25-11-15-13-31-19-7-3-4-8-20(19)32-15)12-27-22(29)18(26-23(27)30)9-14-10-24-17-6-2-1-5-16(14)17/h1-8,10,15,18,24H,9,11-13H2,(H,25,28)(H,26,30)/t15-,18+/m1/s1. The summed E-state index contributed by atoms with van der Waals surface area (Å²) in [6, 6.07) is 13.8. The maximum atomic E-state index is 12.8. The van der Waals surface area contributed by atoms with E-state index in [1.165, 1.54) is 0 Å². The number of nitrogens with zero attached hydrogens (tertiary/aromatic N) is 1. The summed E-state index contributed by atoms with van der Waals surface area (Å²) in [5.74, 6) is 0.424. The highest BCUT2D eigenvalue weighted by Gasteiger charge is 2.39. The zero-order valence-electron chi connectivity index (χ0n) is 17.2. The van der Waals surface area contributed by atoms with Crippen LogP contribution >= 0.6 is 0 Å². The molecule has 3 heterocycles. The first-order valence-corrected chi connectivity index (χ1v) is 10.4. The molecule has 3 N–H and O–H groups in total. The number of carbonyl (C=O) groups is 3. The summed E-state index contributed by atoms with van der Waals surface area (Å²) in [6.45, 7) is 0.155. The Labute approximate surface area is 183 Å². The van der Waals surface area contributed by atoms with E-state index in [1.54, 1.807) is 6.07 Å². The van der Waals surface area contributed by atoms with E-state index in [2.05, 4.69) is 15.6 Å². The van der Waals surface area contributed by atoms with Crippen LogP contribution in [0.4, 0.5) is 4.79 Å². The molecule has 0 aliphatic carbocycles. The summed E-state index contributed by atoms with van der Waals surface area (Å²) in [4.78, 5) is 41.6. The minimum atomic E-state index is -0.707. The van der Waals surface area contributed by atoms with E-state index in [9.17, 15) is 14.4 Å². The third-order valence-corrected chi connectivity index (χ3v) is 5.60. The number of fused-ring (bicyclic) bond motifs is 2. The zero-order valence-corrected chi connectivity index (χ0v) is 17.2. The number of aromatic amines is 1. The van der Waals surface area contributed by atoms with Gasteiger partial charge in [-0.25, -0.2) is 4.79 Å². The lowest BCUT2D eigenvalue weighted by atomic mass is 10.1. The van der Waals surface area contributed by atoms with Gasteiger partial charge in [0.1, 0.15) is 25.3 Å². The average Bonchev–Trinajstić information content (AvgIpc) is 3.34. The Balaban J connectivity index is 1.15. The lowest BCUT2D eigenvalue weighted by molar-refractivity contribution is -0.132. The van der Waals surface area contributed by atoms with Gasteiger partial charge in [-0.1, -0.05) is 30.3 Å². The van der Waals surface area contributed by atoms with Gasteiger partial charge in [0.15, 0.2) is 11.5 Å². The van der Waals surface area contributed by atoms with E-state index in [0.29, 0.717) is 24.5 Å². The molecule has 0 spiro atoms. The molecule has 1 saturated heterocycles. The number of amides is 4. The van der Waals surface area contributed by atoms with Gasteiger partial charge in [0, 0.05) is 23.5 Å². The first-order chi connectivity index (χ1) is 15.6. The molecule has 1 aromatic heterocycles. The van der Waals surface area contributed by atoms with Crippen molar-refractivity contribution >= 4 is 28.7 Å². The minimum Gasteiger partial charge on any atom is -0.486 e. The van der Waals surface area contributed by atoms with Crippen molar-refractivity contribution in [2.75, 3.05) is 19.7 Å². The number of ether oxygens (including phenoxy) is 2. The number of para-hydroxylation sites is 3. The first kappa shape index (κ1) is 19.9. The zero-order chi connectivity index (χ0) is 22.1. The molecule has 3 aromatic rings. The van der Waals surface area contributed by atoms with Gasteiger partial charge < -0.3 is 25.1 Å². The lowest BCUT2D eigenvalue weighted by Gasteiger charge is -2.26. The Morgan fingerprint density at radius 1 is 1.09 bits per heavy atom. The molecule has 1 fully saturated rings. The molecule has 32 heavy (non-hydrogen) atoms. The van der Waals surface area contributed by atoms with Crippen molar-refractivity contribution in [2.24, 2.45) is 0 Å². The number of imide groups is 1. The van der Waals surface area contributed by atoms with Crippen molar-refractivity contribution in [1.29, 1.82) is 0 Å². The highest BCUT2D eigenvalue weighted by atomic mass is 16.6. The molecule has 0 saturated carbocycles. The minimum absolute atomic E-state index is 0.204. The second kappa shape index (κ2) is 8.26. The van der Waals surface area contributed by atoms with Gasteiger partial charge in [0.05, 0.1) is 6.54 Å². The Hall–Kier alpha value is -4.01. The van der Waals surface area contributed by atoms with E-state index in [-0.39, 0.29) is 19.2 Å². The monoisotopic (exact) mass is 434 g/mol. The van der Waals surface area contributed by atoms with Gasteiger partial charge in [-0.3, -0.25) is 14.5 Å². The van der Waals surface area contributed by atoms with Gasteiger partial charge in [-0.15, -0.1) is 0 Å². The van der Waals surface area contributed by atoms with E-state index in [1.807, 2.05) is 48.7 Å². The van der Waals surface area contributed by atoms with Crippen molar-refractivity contribution < 1.29 is 23.9 Å². The molecule has 2 atom stereocenters. The molecule has 5 rings (SSSR count). The normalized spacial score (nSPS) is 19.8. The molecule has 2 aliphatic heterocycles. The van der Waals surface area contributed by atoms with E-state index in [0.717, 1.165) is 21.4 Å². The van der Waals surface area contributed by atoms with Crippen LogP contribution < -0.4 is 20.1 Å². The molecule has 164 valence electrons. The maximum Gasteiger partial charge on any atom is 0.325 e. The smallest absolute Gasteiger partial charge is 0.325 e. The largest absolute Gasteiger partial charge is 0.486 e. The van der Waals surface area contributed by atoms with Crippen LogP contribution in [0.25, 0.3) is 10.9 Å². The number of benzene rings is 2. The third kappa shape index (κ3) is 3.84. The summed E-state index contributed by atoms with van der Waals surface area (Å²) in [5, 5.41) is 6.39. The lowest BCUT2D eigenvalue weighted by Crippen LogP contribution is -2.45. The van der Waals surface area contributed by atoms with Gasteiger partial charge >= 0.3 is 6.03 Å². The SMILES string of the molecule is O=C(CN1C(=O)N[C@@H](Cc2c[nH]c3ccccc23)C1=O)NC[C@@H]1COc2ccccc2O1. The third-order valence-electron chi connectivity index (χ3n) is 5.60. The fourth-order valence-corrected chi connectivity index (χ4v) is 3.98. The molecule has 0 unspecified atom stereocenters. The predicted molar refractivity (Wildman–Crippen MR) is 115 cm³/mol. The Bertz CT molecular complexity index is 1190. The molecule has 2 aliphatic rings. The number of H-pyrrole nitrogens is 1. The highest BCUT2D eigenvalue weighted by molar-refractivity contribution is 6.06. The number of urea groups is 1. The van der Waals surface area contributed by atoms with E-state index < -0.39 is 23.9 Å². The van der Waals surface area contributed by atoms with Gasteiger partial charge in [-0.2, -0.15) is 0 Å². The topological polar surface area (TPSA) is 113 Å². The quantitative estimate of drug-likeness (QED) is 0.510. The number of hydrogen-bond donors (Lipinski definition) is 3. The second-order valence-corrected chi connectivity index (χ2v) is 7.79. The highest BCUT2D eigenvalue weighted by Crippen LogP contribution is 2.30. The molecule has 0 bridgehead atoms. The van der Waals surface area contributed by atoms with Crippen LogP contribution in [0.3, 0.4) is 0 Å². The maximum absolute atomic E-state index is 12.8. The van der Waals surface area contributed by atoms with Crippen molar-refractivity contribution in [2.45, 2.75) is 18.6 Å². The predicted octanol–water partition coefficient (Wildman–Crippen LogP) is 1.59. The molecule has 4 amide bonds. The number of aromatic nitrogens is 1. The van der Waals surface area contributed by atoms with Crippen LogP contribution in [0.1, 0.15) is 5.56 Å². The summed E-state index contributed by atoms with van der Waals surface area (Å²) < 4.78 is 11.4. The Morgan fingerprint density at radius 3 is 2.75 bits per heavy atom. The summed E-state index contributed by atoms with van der Waals surface area (Å²) in [5.41, 5.74) is 1.90. The van der Waals surface area contributed by atoms with Gasteiger partial charge in [0.25, 0.3) is 5.91 Å². The van der Waals surface area contributed by atoms with Gasteiger partial charge in [0.2, 0.25) is 5.91 Å². The van der Waals surface area contributed by atoms with Crippen molar-refractivity contribution in [3.05, 3.63) is 60.3 Å². The van der Waals surface area contributed by atoms with Crippen LogP contribution in [0.2, 0.25) is 0 Å². The van der Waals surface area contributed by atoms with E-state index in [4.69, 9.17) is 9.47 Å². The van der Waals surface area contributed by atoms with Crippen molar-refractivity contribution in [1.82, 2.24) is 20.5 Å². The fourth-order valence-electron chi connectivity index (χ4n) is 3.98. The molecule has 9 nitrogen and oxygen atoms in total. The van der Waals surface area contributed by atoms with Crippen molar-refractivity contribution in [3.8, 4) is 11.5 Å². The number of nitrogens with one attached hydrogen (secondary N) is 3. The molecule has 0 radical (unpaired) electrons. The molecular formula is C23H22N4O5. The number of hydrogen-bond acceptors (Lipinski definition) is 5. The molecule has 2 aromatic carbocycles. The summed E-state index contributed by atoms with van der Waals surface area (Å²) in [6.07, 6.45) is 1.83. The van der Waals surface area contributed by atoms with Crippen LogP contribution in [-0.4, -0.2) is 59.6 Å². The van der Waals surface area contributed by atoms with Crippen molar-refractivity contribution in [3.63, 3.8) is 0 Å². The second-order valence-electron chi connectivity index (χ2n) is 7.79. The molecular weight excluding hydrogens is 412 g/mol.